The Kier molecular flexibility index (Phi) is 4.27. The zero-order valence-electron chi connectivity index (χ0n) is 11.3. The molecule has 1 saturated heterocycles. The van der Waals surface area contributed by atoms with Gasteiger partial charge < -0.3 is 20.1 Å². The second-order valence-corrected chi connectivity index (χ2v) is 4.85. The fraction of sp³-hybridized carbons (Fsp3) is 0.500. The molecule has 0 bridgehead atoms. The summed E-state index contributed by atoms with van der Waals surface area (Å²) in [4.78, 5) is 13.9. The van der Waals surface area contributed by atoms with Crippen molar-refractivity contribution in [1.82, 2.24) is 10.2 Å². The lowest BCUT2D eigenvalue weighted by atomic mass is 10.1. The van der Waals surface area contributed by atoms with Crippen LogP contribution in [0.4, 0.5) is 0 Å². The Morgan fingerprint density at radius 2 is 2.37 bits per heavy atom. The van der Waals surface area contributed by atoms with Crippen LogP contribution in [0, 0.1) is 0 Å². The van der Waals surface area contributed by atoms with E-state index < -0.39 is 0 Å². The number of methoxy groups -OCH3 is 1. The quantitative estimate of drug-likeness (QED) is 0.855. The first-order valence-electron chi connectivity index (χ1n) is 6.46. The van der Waals surface area contributed by atoms with Crippen LogP contribution in [0.25, 0.3) is 0 Å². The normalized spacial score (nSPS) is 18.3. The van der Waals surface area contributed by atoms with Gasteiger partial charge in [0.05, 0.1) is 13.2 Å². The molecule has 1 aromatic rings. The highest BCUT2D eigenvalue weighted by Gasteiger charge is 2.24. The molecule has 0 aromatic heterocycles. The molecule has 0 saturated carbocycles. The van der Waals surface area contributed by atoms with Crippen LogP contribution in [0.1, 0.15) is 18.4 Å². The summed E-state index contributed by atoms with van der Waals surface area (Å²) in [5, 5.41) is 12.7. The van der Waals surface area contributed by atoms with E-state index in [1.807, 2.05) is 0 Å². The van der Waals surface area contributed by atoms with Gasteiger partial charge in [0.25, 0.3) is 0 Å². The average molecular weight is 264 g/mol. The Morgan fingerprint density at radius 3 is 3.00 bits per heavy atom. The third-order valence-corrected chi connectivity index (χ3v) is 3.40. The van der Waals surface area contributed by atoms with Gasteiger partial charge >= 0.3 is 0 Å². The first-order valence-corrected chi connectivity index (χ1v) is 6.46. The van der Waals surface area contributed by atoms with Gasteiger partial charge in [-0.15, -0.1) is 0 Å². The molecule has 1 aromatic carbocycles. The maximum absolute atomic E-state index is 12.2. The van der Waals surface area contributed by atoms with E-state index in [-0.39, 0.29) is 17.7 Å². The van der Waals surface area contributed by atoms with Gasteiger partial charge in [0.2, 0.25) is 5.91 Å². The molecule has 1 heterocycles. The number of rotatable bonds is 4. The lowest BCUT2D eigenvalue weighted by Gasteiger charge is -2.21. The number of hydrogen-bond acceptors (Lipinski definition) is 4. The third kappa shape index (κ3) is 3.17. The Balaban J connectivity index is 2.01. The number of benzene rings is 1. The predicted molar refractivity (Wildman–Crippen MR) is 72.2 cm³/mol. The summed E-state index contributed by atoms with van der Waals surface area (Å²) in [6.45, 7) is 1.42. The van der Waals surface area contributed by atoms with E-state index in [1.165, 1.54) is 7.11 Å². The molecule has 2 N–H and O–H groups in total. The molecule has 1 unspecified atom stereocenters. The van der Waals surface area contributed by atoms with E-state index in [0.717, 1.165) is 24.9 Å². The van der Waals surface area contributed by atoms with Gasteiger partial charge in [-0.05, 0) is 37.1 Å². The van der Waals surface area contributed by atoms with Crippen LogP contribution in [-0.4, -0.2) is 42.7 Å². The van der Waals surface area contributed by atoms with Gasteiger partial charge in [-0.25, -0.2) is 0 Å². The molecule has 0 radical (unpaired) electrons. The second-order valence-electron chi connectivity index (χ2n) is 4.85. The Bertz CT molecular complexity index is 456. The van der Waals surface area contributed by atoms with E-state index in [1.54, 1.807) is 30.1 Å². The number of aromatic hydroxyl groups is 1. The Labute approximate surface area is 113 Å². The molecule has 1 atom stereocenters. The number of likely N-dealkylation sites (N-methyl/N-ethyl adjacent to an activating group) is 1. The van der Waals surface area contributed by atoms with Crippen molar-refractivity contribution < 1.29 is 14.6 Å². The van der Waals surface area contributed by atoms with Crippen LogP contribution in [0.3, 0.4) is 0 Å². The van der Waals surface area contributed by atoms with Crippen molar-refractivity contribution in [3.8, 4) is 11.5 Å². The number of phenolic OH excluding ortho intramolecular Hbond substituents is 1. The number of phenols is 1. The molecule has 104 valence electrons. The summed E-state index contributed by atoms with van der Waals surface area (Å²) in [7, 11) is 3.30. The summed E-state index contributed by atoms with van der Waals surface area (Å²) >= 11 is 0. The zero-order valence-corrected chi connectivity index (χ0v) is 11.3. The Morgan fingerprint density at radius 1 is 1.58 bits per heavy atom. The van der Waals surface area contributed by atoms with Gasteiger partial charge in [0.1, 0.15) is 0 Å². The molecular formula is C14H20N2O3. The highest BCUT2D eigenvalue weighted by atomic mass is 16.5. The predicted octanol–water partition coefficient (Wildman–Crippen LogP) is 1.11. The lowest BCUT2D eigenvalue weighted by Crippen LogP contribution is -2.41. The lowest BCUT2D eigenvalue weighted by molar-refractivity contribution is -0.132. The summed E-state index contributed by atoms with van der Waals surface area (Å²) < 4.78 is 5.06. The minimum atomic E-state index is -0.0518. The van der Waals surface area contributed by atoms with Crippen molar-refractivity contribution in [2.75, 3.05) is 20.7 Å². The topological polar surface area (TPSA) is 61.8 Å². The van der Waals surface area contributed by atoms with Gasteiger partial charge in [-0.1, -0.05) is 6.07 Å². The van der Waals surface area contributed by atoms with E-state index in [4.69, 9.17) is 4.74 Å². The SMILES string of the molecule is COc1cc(CN(C)C(=O)C2CCCN2)ccc1O. The number of carbonyl (C=O) groups excluding carboxylic acids is 1. The zero-order chi connectivity index (χ0) is 13.8. The molecule has 1 fully saturated rings. The van der Waals surface area contributed by atoms with E-state index in [2.05, 4.69) is 5.32 Å². The summed E-state index contributed by atoms with van der Waals surface area (Å²) in [6.07, 6.45) is 1.96. The van der Waals surface area contributed by atoms with Crippen LogP contribution in [0.5, 0.6) is 11.5 Å². The van der Waals surface area contributed by atoms with Gasteiger partial charge in [0.15, 0.2) is 11.5 Å². The van der Waals surface area contributed by atoms with Crippen LogP contribution < -0.4 is 10.1 Å². The molecule has 1 aliphatic rings. The summed E-state index contributed by atoms with van der Waals surface area (Å²) in [5.41, 5.74) is 0.934. The summed E-state index contributed by atoms with van der Waals surface area (Å²) in [5.74, 6) is 0.652. The minimum absolute atomic E-state index is 0.0518. The van der Waals surface area contributed by atoms with Gasteiger partial charge in [-0.3, -0.25) is 4.79 Å². The van der Waals surface area contributed by atoms with Crippen LogP contribution in [-0.2, 0) is 11.3 Å². The number of nitrogens with zero attached hydrogens (tertiary/aromatic N) is 1. The second kappa shape index (κ2) is 5.93. The minimum Gasteiger partial charge on any atom is -0.504 e. The molecule has 1 amide bonds. The third-order valence-electron chi connectivity index (χ3n) is 3.40. The van der Waals surface area contributed by atoms with Crippen molar-refractivity contribution in [3.05, 3.63) is 23.8 Å². The standard InChI is InChI=1S/C14H20N2O3/c1-16(14(18)11-4-3-7-15-11)9-10-5-6-12(17)13(8-10)19-2/h5-6,8,11,15,17H,3-4,7,9H2,1-2H3. The smallest absolute Gasteiger partial charge is 0.239 e. The fourth-order valence-electron chi connectivity index (χ4n) is 2.33. The number of carbonyl (C=O) groups is 1. The molecule has 2 rings (SSSR count). The number of nitrogens with one attached hydrogen (secondary N) is 1. The van der Waals surface area contributed by atoms with E-state index >= 15 is 0 Å². The molecular weight excluding hydrogens is 244 g/mol. The largest absolute Gasteiger partial charge is 0.504 e. The molecule has 0 spiro atoms. The maximum Gasteiger partial charge on any atom is 0.239 e. The molecule has 0 aliphatic carbocycles. The van der Waals surface area contributed by atoms with Crippen molar-refractivity contribution in [2.24, 2.45) is 0 Å². The van der Waals surface area contributed by atoms with E-state index in [0.29, 0.717) is 12.3 Å². The van der Waals surface area contributed by atoms with Crippen LogP contribution in [0.15, 0.2) is 18.2 Å². The summed E-state index contributed by atoms with van der Waals surface area (Å²) in [6, 6.07) is 5.08. The monoisotopic (exact) mass is 264 g/mol. The number of hydrogen-bond donors (Lipinski definition) is 2. The number of ether oxygens (including phenoxy) is 1. The highest BCUT2D eigenvalue weighted by molar-refractivity contribution is 5.81. The van der Waals surface area contributed by atoms with Gasteiger partial charge in [-0.2, -0.15) is 0 Å². The van der Waals surface area contributed by atoms with Crippen molar-refractivity contribution >= 4 is 5.91 Å². The van der Waals surface area contributed by atoms with Gasteiger partial charge in [0, 0.05) is 13.6 Å². The highest BCUT2D eigenvalue weighted by Crippen LogP contribution is 2.26. The Hall–Kier alpha value is -1.75. The molecule has 19 heavy (non-hydrogen) atoms. The molecule has 5 nitrogen and oxygen atoms in total. The van der Waals surface area contributed by atoms with Crippen LogP contribution >= 0.6 is 0 Å². The average Bonchev–Trinajstić information content (AvgIpc) is 2.94. The first kappa shape index (κ1) is 13.7. The number of amides is 1. The first-order chi connectivity index (χ1) is 9.11. The van der Waals surface area contributed by atoms with Crippen molar-refractivity contribution in [2.45, 2.75) is 25.4 Å². The van der Waals surface area contributed by atoms with Crippen molar-refractivity contribution in [1.29, 1.82) is 0 Å². The molecule has 5 heteroatoms. The fourth-order valence-corrected chi connectivity index (χ4v) is 2.33. The van der Waals surface area contributed by atoms with Crippen molar-refractivity contribution in [3.63, 3.8) is 0 Å². The molecule has 1 aliphatic heterocycles. The van der Waals surface area contributed by atoms with E-state index in [9.17, 15) is 9.90 Å². The maximum atomic E-state index is 12.2. The van der Waals surface area contributed by atoms with Crippen LogP contribution in [0.2, 0.25) is 0 Å².